The summed E-state index contributed by atoms with van der Waals surface area (Å²) in [5, 5.41) is 18.8. The van der Waals surface area contributed by atoms with Crippen molar-refractivity contribution in [3.8, 4) is 0 Å². The Morgan fingerprint density at radius 2 is 1.81 bits per heavy atom. The summed E-state index contributed by atoms with van der Waals surface area (Å²) in [7, 11) is 0. The Kier molecular flexibility index (Phi) is 5.05. The van der Waals surface area contributed by atoms with E-state index in [1.807, 2.05) is 0 Å². The maximum absolute atomic E-state index is 12.4. The molecule has 0 radical (unpaired) electrons. The number of aliphatic hydroxyl groups is 1. The van der Waals surface area contributed by atoms with Gasteiger partial charge in [0.05, 0.1) is 6.10 Å². The average Bonchev–Trinajstić information content (AvgIpc) is 2.80. The van der Waals surface area contributed by atoms with Crippen LogP contribution < -0.4 is 0 Å². The second-order valence-electron chi connectivity index (χ2n) is 6.36. The molecule has 0 bridgehead atoms. The Labute approximate surface area is 125 Å². The number of hydrogen-bond acceptors (Lipinski definition) is 4. The molecule has 7 nitrogen and oxygen atoms in total. The molecule has 2 amide bonds. The van der Waals surface area contributed by atoms with Crippen LogP contribution in [0.2, 0.25) is 0 Å². The molecule has 2 unspecified atom stereocenters. The maximum atomic E-state index is 12.4. The molecule has 0 aromatic rings. The summed E-state index contributed by atoms with van der Waals surface area (Å²) in [4.78, 5) is 29.0. The summed E-state index contributed by atoms with van der Waals surface area (Å²) >= 11 is 0. The third kappa shape index (κ3) is 3.85. The van der Waals surface area contributed by atoms with Crippen LogP contribution in [-0.2, 0) is 4.79 Å². The van der Waals surface area contributed by atoms with Crippen molar-refractivity contribution >= 4 is 12.0 Å². The van der Waals surface area contributed by atoms with Gasteiger partial charge in [0.1, 0.15) is 6.04 Å². The predicted molar refractivity (Wildman–Crippen MR) is 77.0 cm³/mol. The van der Waals surface area contributed by atoms with Gasteiger partial charge in [0, 0.05) is 45.7 Å². The van der Waals surface area contributed by atoms with Crippen LogP contribution in [0, 0.1) is 5.92 Å². The number of piperazine rings is 1. The van der Waals surface area contributed by atoms with Gasteiger partial charge >= 0.3 is 12.0 Å². The van der Waals surface area contributed by atoms with Crippen molar-refractivity contribution in [3.63, 3.8) is 0 Å². The van der Waals surface area contributed by atoms with E-state index in [1.54, 1.807) is 4.90 Å². The normalized spacial score (nSPS) is 27.4. The zero-order chi connectivity index (χ0) is 15.6. The number of rotatable bonds is 3. The van der Waals surface area contributed by atoms with Crippen LogP contribution in [0.1, 0.15) is 20.3 Å². The van der Waals surface area contributed by atoms with E-state index in [0.29, 0.717) is 19.0 Å². The number of carboxylic acids is 1. The highest BCUT2D eigenvalue weighted by Gasteiger charge is 2.41. The van der Waals surface area contributed by atoms with Gasteiger partial charge in [0.25, 0.3) is 0 Å². The quantitative estimate of drug-likeness (QED) is 0.760. The first-order valence-corrected chi connectivity index (χ1v) is 7.57. The molecule has 2 fully saturated rings. The number of carboxylic acid groups (broad SMARTS) is 1. The van der Waals surface area contributed by atoms with Crippen LogP contribution in [0.5, 0.6) is 0 Å². The first-order valence-electron chi connectivity index (χ1n) is 7.57. The monoisotopic (exact) mass is 299 g/mol. The van der Waals surface area contributed by atoms with Crippen LogP contribution in [0.15, 0.2) is 0 Å². The van der Waals surface area contributed by atoms with Crippen LogP contribution >= 0.6 is 0 Å². The van der Waals surface area contributed by atoms with Gasteiger partial charge in [-0.3, -0.25) is 4.90 Å². The highest BCUT2D eigenvalue weighted by atomic mass is 16.4. The summed E-state index contributed by atoms with van der Waals surface area (Å²) < 4.78 is 0. The average molecular weight is 299 g/mol. The van der Waals surface area contributed by atoms with Gasteiger partial charge in [0.15, 0.2) is 0 Å². The molecule has 2 rings (SSSR count). The molecule has 2 aliphatic heterocycles. The minimum atomic E-state index is -1.04. The molecular formula is C14H25N3O4. The smallest absolute Gasteiger partial charge is 0.326 e. The third-order valence-corrected chi connectivity index (χ3v) is 4.08. The van der Waals surface area contributed by atoms with E-state index in [1.165, 1.54) is 4.90 Å². The van der Waals surface area contributed by atoms with Gasteiger partial charge in [-0.1, -0.05) is 13.8 Å². The predicted octanol–water partition coefficient (Wildman–Crippen LogP) is -0.100. The summed E-state index contributed by atoms with van der Waals surface area (Å²) in [5.74, 6) is -0.448. The molecule has 2 N–H and O–H groups in total. The van der Waals surface area contributed by atoms with Crippen molar-refractivity contribution in [2.45, 2.75) is 32.4 Å². The molecule has 2 saturated heterocycles. The van der Waals surface area contributed by atoms with Crippen molar-refractivity contribution < 1.29 is 19.8 Å². The number of likely N-dealkylation sites (tertiary alicyclic amines) is 1. The summed E-state index contributed by atoms with van der Waals surface area (Å²) in [6.45, 7) is 8.33. The lowest BCUT2D eigenvalue weighted by Gasteiger charge is -2.38. The van der Waals surface area contributed by atoms with Crippen LogP contribution in [0.3, 0.4) is 0 Å². The number of carbonyl (C=O) groups is 2. The van der Waals surface area contributed by atoms with Gasteiger partial charge in [-0.05, 0) is 5.92 Å². The van der Waals surface area contributed by atoms with E-state index in [2.05, 4.69) is 18.7 Å². The maximum Gasteiger partial charge on any atom is 0.326 e. The molecule has 0 aliphatic carbocycles. The molecule has 0 spiro atoms. The molecule has 2 aliphatic rings. The Bertz CT molecular complexity index is 394. The lowest BCUT2D eigenvalue weighted by Crippen LogP contribution is -2.55. The SMILES string of the molecule is CC(C)CN1CCN(C(=O)N2CC(O)CC2C(=O)O)CC1. The van der Waals surface area contributed by atoms with E-state index < -0.39 is 18.1 Å². The summed E-state index contributed by atoms with van der Waals surface area (Å²) in [5.41, 5.74) is 0. The molecule has 0 aromatic heterocycles. The number of aliphatic hydroxyl groups excluding tert-OH is 1. The Balaban J connectivity index is 1.91. The zero-order valence-electron chi connectivity index (χ0n) is 12.7. The number of carbonyl (C=O) groups excluding carboxylic acids is 1. The van der Waals surface area contributed by atoms with Crippen LogP contribution in [0.25, 0.3) is 0 Å². The summed E-state index contributed by atoms with van der Waals surface area (Å²) in [6, 6.07) is -1.16. The van der Waals surface area contributed by atoms with E-state index in [9.17, 15) is 14.7 Å². The van der Waals surface area contributed by atoms with Gasteiger partial charge in [-0.15, -0.1) is 0 Å². The van der Waals surface area contributed by atoms with Crippen LogP contribution in [-0.4, -0.2) is 88.3 Å². The number of hydrogen-bond donors (Lipinski definition) is 2. The Hall–Kier alpha value is -1.34. The lowest BCUT2D eigenvalue weighted by molar-refractivity contribution is -0.141. The van der Waals surface area contributed by atoms with Crippen LogP contribution in [0.4, 0.5) is 4.79 Å². The fraction of sp³-hybridized carbons (Fsp3) is 0.857. The van der Waals surface area contributed by atoms with Gasteiger partial charge in [0.2, 0.25) is 0 Å². The highest BCUT2D eigenvalue weighted by Crippen LogP contribution is 2.20. The van der Waals surface area contributed by atoms with E-state index in [4.69, 9.17) is 5.11 Å². The highest BCUT2D eigenvalue weighted by molar-refractivity contribution is 5.83. The van der Waals surface area contributed by atoms with Crippen molar-refractivity contribution in [3.05, 3.63) is 0 Å². The second-order valence-corrected chi connectivity index (χ2v) is 6.36. The molecule has 7 heteroatoms. The number of urea groups is 1. The largest absolute Gasteiger partial charge is 0.480 e. The topological polar surface area (TPSA) is 84.3 Å². The molecule has 0 aromatic carbocycles. The standard InChI is InChI=1S/C14H25N3O4/c1-10(2)8-15-3-5-16(6-4-15)14(21)17-9-11(18)7-12(17)13(19)20/h10-12,18H,3-9H2,1-2H3,(H,19,20). The number of amides is 2. The van der Waals surface area contributed by atoms with E-state index >= 15 is 0 Å². The Morgan fingerprint density at radius 3 is 2.33 bits per heavy atom. The van der Waals surface area contributed by atoms with Crippen molar-refractivity contribution in [2.24, 2.45) is 5.92 Å². The van der Waals surface area contributed by atoms with Crippen molar-refractivity contribution in [2.75, 3.05) is 39.3 Å². The molecule has 0 saturated carbocycles. The molecule has 2 atom stereocenters. The number of nitrogens with zero attached hydrogens (tertiary/aromatic N) is 3. The van der Waals surface area contributed by atoms with Gasteiger partial charge < -0.3 is 20.0 Å². The number of β-amino-alcohol motifs (C(OH)–C–C–N with tert-alkyl or cyclic N) is 1. The zero-order valence-corrected chi connectivity index (χ0v) is 12.7. The fourth-order valence-electron chi connectivity index (χ4n) is 3.08. The van der Waals surface area contributed by atoms with Gasteiger partial charge in [-0.25, -0.2) is 9.59 Å². The minimum absolute atomic E-state index is 0.113. The molecule has 120 valence electrons. The summed E-state index contributed by atoms with van der Waals surface area (Å²) in [6.07, 6.45) is -0.619. The second kappa shape index (κ2) is 6.62. The first kappa shape index (κ1) is 16.0. The third-order valence-electron chi connectivity index (χ3n) is 4.08. The first-order chi connectivity index (χ1) is 9.88. The fourth-order valence-corrected chi connectivity index (χ4v) is 3.08. The Morgan fingerprint density at radius 1 is 1.19 bits per heavy atom. The van der Waals surface area contributed by atoms with E-state index in [0.717, 1.165) is 19.6 Å². The molecular weight excluding hydrogens is 274 g/mol. The lowest BCUT2D eigenvalue weighted by atomic mass is 10.2. The van der Waals surface area contributed by atoms with Crippen molar-refractivity contribution in [1.82, 2.24) is 14.7 Å². The van der Waals surface area contributed by atoms with Gasteiger partial charge in [-0.2, -0.15) is 0 Å². The van der Waals surface area contributed by atoms with Crippen molar-refractivity contribution in [1.29, 1.82) is 0 Å². The minimum Gasteiger partial charge on any atom is -0.480 e. The molecule has 2 heterocycles. The van der Waals surface area contributed by atoms with E-state index in [-0.39, 0.29) is 19.0 Å². The number of aliphatic carboxylic acids is 1. The molecule has 21 heavy (non-hydrogen) atoms.